The summed E-state index contributed by atoms with van der Waals surface area (Å²) in [5.74, 6) is -0.341. The van der Waals surface area contributed by atoms with Crippen molar-refractivity contribution >= 4 is 26.0 Å². The zero-order valence-electron chi connectivity index (χ0n) is 14.2. The van der Waals surface area contributed by atoms with E-state index >= 15 is 0 Å². The molecule has 1 aliphatic rings. The quantitative estimate of drug-likeness (QED) is 0.671. The van der Waals surface area contributed by atoms with Crippen molar-refractivity contribution in [2.24, 2.45) is 5.92 Å². The van der Waals surface area contributed by atoms with E-state index in [0.717, 1.165) is 12.8 Å². The first kappa shape index (κ1) is 19.8. The molecule has 0 radical (unpaired) electrons. The second-order valence-electron chi connectivity index (χ2n) is 6.33. The highest BCUT2D eigenvalue weighted by Crippen LogP contribution is 2.22. The van der Waals surface area contributed by atoms with Crippen molar-refractivity contribution in [3.8, 4) is 0 Å². The maximum Gasteiger partial charge on any atom is 0.257 e. The minimum Gasteiger partial charge on any atom is -0.278 e. The summed E-state index contributed by atoms with van der Waals surface area (Å²) in [6.45, 7) is 4.64. The molecule has 2 rings (SSSR count). The number of carbonyl (C=O) groups is 1. The molecule has 140 valence electrons. The lowest BCUT2D eigenvalue weighted by molar-refractivity contribution is -0.122. The third-order valence-corrected chi connectivity index (χ3v) is 6.93. The Morgan fingerprint density at radius 3 is 2.08 bits per heavy atom. The van der Waals surface area contributed by atoms with Crippen LogP contribution in [0.15, 0.2) is 34.1 Å². The molecule has 1 aromatic rings. The fourth-order valence-corrected chi connectivity index (χ4v) is 4.85. The highest BCUT2D eigenvalue weighted by atomic mass is 32.2. The molecule has 0 aliphatic carbocycles. The Balaban J connectivity index is 2.09. The summed E-state index contributed by atoms with van der Waals surface area (Å²) in [7, 11) is -7.55. The Bertz CT molecular complexity index is 811. The summed E-state index contributed by atoms with van der Waals surface area (Å²) >= 11 is 0. The minimum absolute atomic E-state index is 0.0530. The van der Waals surface area contributed by atoms with Crippen molar-refractivity contribution in [1.82, 2.24) is 14.6 Å². The van der Waals surface area contributed by atoms with Crippen LogP contribution in [0.5, 0.6) is 0 Å². The second-order valence-corrected chi connectivity index (χ2v) is 9.95. The fourth-order valence-electron chi connectivity index (χ4n) is 2.47. The molecule has 10 heteroatoms. The largest absolute Gasteiger partial charge is 0.278 e. The summed E-state index contributed by atoms with van der Waals surface area (Å²) in [6, 6.07) is 4.94. The van der Waals surface area contributed by atoms with Gasteiger partial charge in [0.15, 0.2) is 0 Å². The number of nitrogens with zero attached hydrogens (tertiary/aromatic N) is 1. The Kier molecular flexibility index (Phi) is 6.20. The molecule has 25 heavy (non-hydrogen) atoms. The summed E-state index contributed by atoms with van der Waals surface area (Å²) in [5.41, 5.74) is 2.14. The Labute approximate surface area is 148 Å². The van der Waals surface area contributed by atoms with E-state index < -0.39 is 26.0 Å². The summed E-state index contributed by atoms with van der Waals surface area (Å²) in [4.78, 5) is 13.5. The smallest absolute Gasteiger partial charge is 0.257 e. The van der Waals surface area contributed by atoms with Gasteiger partial charge in [-0.1, -0.05) is 13.8 Å². The van der Waals surface area contributed by atoms with Crippen LogP contribution in [0.4, 0.5) is 0 Å². The predicted octanol–water partition coefficient (Wildman–Crippen LogP) is 0.827. The van der Waals surface area contributed by atoms with E-state index in [1.807, 2.05) is 18.7 Å². The normalized spacial score (nSPS) is 16.3. The van der Waals surface area contributed by atoms with Gasteiger partial charge in [-0.3, -0.25) is 10.2 Å². The lowest BCUT2D eigenvalue weighted by Crippen LogP contribution is -2.41. The van der Waals surface area contributed by atoms with Gasteiger partial charge in [-0.25, -0.2) is 16.8 Å². The average molecular weight is 389 g/mol. The molecule has 1 aliphatic heterocycles. The van der Waals surface area contributed by atoms with Crippen molar-refractivity contribution in [2.45, 2.75) is 42.9 Å². The fraction of sp³-hybridized carbons (Fsp3) is 0.533. The molecule has 0 spiro atoms. The van der Waals surface area contributed by atoms with Crippen molar-refractivity contribution < 1.29 is 21.6 Å². The van der Waals surface area contributed by atoms with Crippen LogP contribution in [0.3, 0.4) is 0 Å². The third-order valence-electron chi connectivity index (χ3n) is 3.76. The van der Waals surface area contributed by atoms with Gasteiger partial charge in [0.2, 0.25) is 15.9 Å². The van der Waals surface area contributed by atoms with Crippen molar-refractivity contribution in [3.63, 3.8) is 0 Å². The number of benzene rings is 1. The molecule has 0 bridgehead atoms. The Hall–Kier alpha value is -1.49. The molecular formula is C15H23N3O5S2. The van der Waals surface area contributed by atoms with Crippen LogP contribution in [0, 0.1) is 5.92 Å². The first-order valence-electron chi connectivity index (χ1n) is 8.04. The number of hydrogen-bond acceptors (Lipinski definition) is 5. The maximum absolute atomic E-state index is 12.4. The van der Waals surface area contributed by atoms with Gasteiger partial charge in [0.1, 0.15) is 0 Å². The number of sulfonamides is 2. The molecule has 0 saturated carbocycles. The zero-order chi connectivity index (χ0) is 18.7. The van der Waals surface area contributed by atoms with E-state index in [9.17, 15) is 21.6 Å². The standard InChI is InChI=1S/C15H23N3O5S2/c1-12(2)11-15(19)16-17-24(20,21)13-5-7-14(8-6-13)25(22,23)18-9-3-4-10-18/h5-8,12,17H,3-4,9-11H2,1-2H3,(H,16,19). The second kappa shape index (κ2) is 7.81. The molecule has 1 amide bonds. The van der Waals surface area contributed by atoms with E-state index in [-0.39, 0.29) is 22.1 Å². The van der Waals surface area contributed by atoms with Crippen LogP contribution in [-0.4, -0.2) is 40.1 Å². The van der Waals surface area contributed by atoms with E-state index in [1.54, 1.807) is 0 Å². The molecule has 2 N–H and O–H groups in total. The molecule has 1 heterocycles. The predicted molar refractivity (Wildman–Crippen MR) is 92.4 cm³/mol. The topological polar surface area (TPSA) is 113 Å². The molecule has 1 fully saturated rings. The van der Waals surface area contributed by atoms with Crippen molar-refractivity contribution in [2.75, 3.05) is 13.1 Å². The minimum atomic E-state index is -3.96. The van der Waals surface area contributed by atoms with Gasteiger partial charge in [0.05, 0.1) is 9.79 Å². The van der Waals surface area contributed by atoms with Crippen LogP contribution in [0.25, 0.3) is 0 Å². The number of carbonyl (C=O) groups excluding carboxylic acids is 1. The highest BCUT2D eigenvalue weighted by molar-refractivity contribution is 7.89. The number of nitrogens with one attached hydrogen (secondary N) is 2. The van der Waals surface area contributed by atoms with E-state index in [4.69, 9.17) is 0 Å². The van der Waals surface area contributed by atoms with Gasteiger partial charge in [0.25, 0.3) is 10.0 Å². The number of rotatable bonds is 7. The SMILES string of the molecule is CC(C)CC(=O)NNS(=O)(=O)c1ccc(S(=O)(=O)N2CCCC2)cc1. The molecule has 8 nitrogen and oxygen atoms in total. The van der Waals surface area contributed by atoms with Gasteiger partial charge in [-0.05, 0) is 43.0 Å². The van der Waals surface area contributed by atoms with Gasteiger partial charge < -0.3 is 0 Å². The van der Waals surface area contributed by atoms with Crippen molar-refractivity contribution in [1.29, 1.82) is 0 Å². The summed E-state index contributed by atoms with van der Waals surface area (Å²) < 4.78 is 50.5. The molecule has 1 saturated heterocycles. The number of hydrogen-bond donors (Lipinski definition) is 2. The Morgan fingerprint density at radius 2 is 1.56 bits per heavy atom. The van der Waals surface area contributed by atoms with Crippen LogP contribution in [-0.2, 0) is 24.8 Å². The van der Waals surface area contributed by atoms with Gasteiger partial charge in [-0.2, -0.15) is 4.31 Å². The average Bonchev–Trinajstić information content (AvgIpc) is 3.08. The maximum atomic E-state index is 12.4. The molecule has 0 aromatic heterocycles. The van der Waals surface area contributed by atoms with Gasteiger partial charge >= 0.3 is 0 Å². The van der Waals surface area contributed by atoms with Crippen LogP contribution in [0.2, 0.25) is 0 Å². The van der Waals surface area contributed by atoms with Crippen LogP contribution in [0.1, 0.15) is 33.1 Å². The van der Waals surface area contributed by atoms with Gasteiger partial charge in [0, 0.05) is 19.5 Å². The van der Waals surface area contributed by atoms with Crippen molar-refractivity contribution in [3.05, 3.63) is 24.3 Å². The number of amides is 1. The molecule has 1 aromatic carbocycles. The first-order valence-corrected chi connectivity index (χ1v) is 11.0. The van der Waals surface area contributed by atoms with Crippen LogP contribution < -0.4 is 10.3 Å². The Morgan fingerprint density at radius 1 is 1.04 bits per heavy atom. The van der Waals surface area contributed by atoms with Crippen LogP contribution >= 0.6 is 0 Å². The number of hydrazine groups is 1. The lowest BCUT2D eigenvalue weighted by atomic mass is 10.1. The highest BCUT2D eigenvalue weighted by Gasteiger charge is 2.27. The van der Waals surface area contributed by atoms with E-state index in [1.165, 1.54) is 28.6 Å². The molecule has 0 atom stereocenters. The van der Waals surface area contributed by atoms with E-state index in [0.29, 0.717) is 13.1 Å². The monoisotopic (exact) mass is 389 g/mol. The molecular weight excluding hydrogens is 366 g/mol. The summed E-state index contributed by atoms with van der Waals surface area (Å²) in [6.07, 6.45) is 1.84. The first-order chi connectivity index (χ1) is 11.6. The third kappa shape index (κ3) is 5.00. The van der Waals surface area contributed by atoms with E-state index in [2.05, 4.69) is 5.43 Å². The zero-order valence-corrected chi connectivity index (χ0v) is 15.9. The molecule has 0 unspecified atom stereocenters. The lowest BCUT2D eigenvalue weighted by Gasteiger charge is -2.15. The summed E-state index contributed by atoms with van der Waals surface area (Å²) in [5, 5.41) is 0. The van der Waals surface area contributed by atoms with Gasteiger partial charge in [-0.15, -0.1) is 4.83 Å².